The lowest BCUT2D eigenvalue weighted by molar-refractivity contribution is 0.101. The number of anilines is 2. The molecule has 0 aromatic heterocycles. The molecule has 0 aliphatic carbocycles. The first-order valence-electron chi connectivity index (χ1n) is 9.65. The van der Waals surface area contributed by atoms with Crippen LogP contribution in [0.25, 0.3) is 0 Å². The highest BCUT2D eigenvalue weighted by atomic mass is 32.2. The van der Waals surface area contributed by atoms with Crippen LogP contribution in [0.15, 0.2) is 65.6 Å². The van der Waals surface area contributed by atoms with Gasteiger partial charge in [-0.15, -0.1) is 0 Å². The number of hydrogen-bond acceptors (Lipinski definition) is 4. The Morgan fingerprint density at radius 1 is 0.742 bits per heavy atom. The van der Waals surface area contributed by atoms with Crippen molar-refractivity contribution in [3.8, 4) is 0 Å². The highest BCUT2D eigenvalue weighted by Gasteiger charge is 2.13. The summed E-state index contributed by atoms with van der Waals surface area (Å²) in [5, 5.41) is 5.66. The van der Waals surface area contributed by atoms with Crippen LogP contribution in [-0.4, -0.2) is 26.5 Å². The number of sulfone groups is 1. The molecule has 3 aromatic carbocycles. The fourth-order valence-electron chi connectivity index (χ4n) is 3.25. The van der Waals surface area contributed by atoms with Crippen LogP contribution in [0.2, 0.25) is 0 Å². The first kappa shape index (κ1) is 22.2. The number of carbonyl (C=O) groups is 2. The summed E-state index contributed by atoms with van der Waals surface area (Å²) in [5.41, 5.74) is 4.79. The normalized spacial score (nSPS) is 11.1. The van der Waals surface area contributed by atoms with Crippen molar-refractivity contribution in [2.45, 2.75) is 25.7 Å². The van der Waals surface area contributed by atoms with Gasteiger partial charge in [0.15, 0.2) is 9.84 Å². The average molecular weight is 437 g/mol. The van der Waals surface area contributed by atoms with E-state index in [0.717, 1.165) is 22.9 Å². The second kappa shape index (κ2) is 8.73. The Bertz CT molecular complexity index is 1260. The minimum absolute atomic E-state index is 0.0846. The lowest BCUT2D eigenvalue weighted by Gasteiger charge is -2.12. The van der Waals surface area contributed by atoms with Gasteiger partial charge in [0.1, 0.15) is 0 Å². The summed E-state index contributed by atoms with van der Waals surface area (Å²) < 4.78 is 23.4. The van der Waals surface area contributed by atoms with E-state index in [4.69, 9.17) is 0 Å². The summed E-state index contributed by atoms with van der Waals surface area (Å²) in [7, 11) is -3.41. The lowest BCUT2D eigenvalue weighted by Crippen LogP contribution is -2.15. The quantitative estimate of drug-likeness (QED) is 0.615. The van der Waals surface area contributed by atoms with E-state index < -0.39 is 15.7 Å². The van der Waals surface area contributed by atoms with Crippen molar-refractivity contribution in [2.24, 2.45) is 0 Å². The Kier molecular flexibility index (Phi) is 6.27. The largest absolute Gasteiger partial charge is 0.322 e. The molecule has 3 rings (SSSR count). The minimum Gasteiger partial charge on any atom is -0.322 e. The summed E-state index contributed by atoms with van der Waals surface area (Å²) in [6.07, 6.45) is 1.10. The van der Waals surface area contributed by atoms with Crippen LogP contribution >= 0.6 is 0 Å². The molecule has 7 heteroatoms. The standard InChI is InChI=1S/C24H24N2O4S/c1-15-10-16(2)12-19(11-15)24(28)25-20-8-9-22(17(3)13-20)26-23(27)18-6-5-7-21(14-18)31(4,29)30/h5-14H,1-4H3,(H,25,28)(H,26,27). The molecule has 0 saturated heterocycles. The van der Waals surface area contributed by atoms with Crippen molar-refractivity contribution >= 4 is 33.0 Å². The Hall–Kier alpha value is -3.45. The van der Waals surface area contributed by atoms with Gasteiger partial charge in [0, 0.05) is 28.8 Å². The number of rotatable bonds is 5. The second-order valence-corrected chi connectivity index (χ2v) is 9.63. The predicted molar refractivity (Wildman–Crippen MR) is 123 cm³/mol. The molecule has 0 aliphatic heterocycles. The Morgan fingerprint density at radius 2 is 1.39 bits per heavy atom. The maximum Gasteiger partial charge on any atom is 0.255 e. The fraction of sp³-hybridized carbons (Fsp3) is 0.167. The number of benzene rings is 3. The van der Waals surface area contributed by atoms with E-state index in [1.807, 2.05) is 39.0 Å². The lowest BCUT2D eigenvalue weighted by atomic mass is 10.1. The molecule has 0 saturated carbocycles. The third-order valence-electron chi connectivity index (χ3n) is 4.74. The average Bonchev–Trinajstić information content (AvgIpc) is 2.68. The molecule has 0 heterocycles. The van der Waals surface area contributed by atoms with E-state index in [0.29, 0.717) is 16.9 Å². The Morgan fingerprint density at radius 3 is 2.00 bits per heavy atom. The number of aryl methyl sites for hydroxylation is 3. The molecule has 0 unspecified atom stereocenters. The van der Waals surface area contributed by atoms with Gasteiger partial charge in [0.05, 0.1) is 4.90 Å². The molecule has 0 radical (unpaired) electrons. The minimum atomic E-state index is -3.41. The van der Waals surface area contributed by atoms with Crippen LogP contribution in [0.1, 0.15) is 37.4 Å². The summed E-state index contributed by atoms with van der Waals surface area (Å²) >= 11 is 0. The summed E-state index contributed by atoms with van der Waals surface area (Å²) in [5.74, 6) is -0.624. The number of hydrogen-bond donors (Lipinski definition) is 2. The molecule has 31 heavy (non-hydrogen) atoms. The highest BCUT2D eigenvalue weighted by Crippen LogP contribution is 2.22. The molecule has 160 valence electrons. The van der Waals surface area contributed by atoms with E-state index in [1.54, 1.807) is 24.3 Å². The van der Waals surface area contributed by atoms with Gasteiger partial charge in [0.2, 0.25) is 0 Å². The number of carbonyl (C=O) groups excluding carboxylic acids is 2. The van der Waals surface area contributed by atoms with Gasteiger partial charge in [-0.25, -0.2) is 8.42 Å². The summed E-state index contributed by atoms with van der Waals surface area (Å²) in [6.45, 7) is 5.70. The van der Waals surface area contributed by atoms with E-state index in [2.05, 4.69) is 10.6 Å². The fourth-order valence-corrected chi connectivity index (χ4v) is 3.92. The zero-order valence-electron chi connectivity index (χ0n) is 17.8. The number of amides is 2. The third kappa shape index (κ3) is 5.58. The van der Waals surface area contributed by atoms with Gasteiger partial charge in [-0.2, -0.15) is 0 Å². The molecule has 0 spiro atoms. The maximum absolute atomic E-state index is 12.6. The van der Waals surface area contributed by atoms with Gasteiger partial charge in [0.25, 0.3) is 11.8 Å². The molecule has 6 nitrogen and oxygen atoms in total. The van der Waals surface area contributed by atoms with Crippen molar-refractivity contribution in [3.63, 3.8) is 0 Å². The topological polar surface area (TPSA) is 92.3 Å². The van der Waals surface area contributed by atoms with Gasteiger partial charge >= 0.3 is 0 Å². The van der Waals surface area contributed by atoms with Crippen molar-refractivity contribution in [3.05, 3.63) is 88.5 Å². The molecule has 0 atom stereocenters. The van der Waals surface area contributed by atoms with Crippen LogP contribution in [0.5, 0.6) is 0 Å². The molecule has 3 aromatic rings. The van der Waals surface area contributed by atoms with Gasteiger partial charge in [-0.05, 0) is 74.9 Å². The Balaban J connectivity index is 1.75. The van der Waals surface area contributed by atoms with Crippen LogP contribution in [0.4, 0.5) is 11.4 Å². The monoisotopic (exact) mass is 436 g/mol. The van der Waals surface area contributed by atoms with Crippen molar-refractivity contribution in [1.82, 2.24) is 0 Å². The van der Waals surface area contributed by atoms with Crippen molar-refractivity contribution in [1.29, 1.82) is 0 Å². The van der Waals surface area contributed by atoms with E-state index in [-0.39, 0.29) is 16.4 Å². The van der Waals surface area contributed by atoms with Gasteiger partial charge in [-0.3, -0.25) is 9.59 Å². The Labute approximate surface area is 182 Å². The molecule has 0 bridgehead atoms. The smallest absolute Gasteiger partial charge is 0.255 e. The molecule has 0 aliphatic rings. The van der Waals surface area contributed by atoms with Crippen LogP contribution < -0.4 is 10.6 Å². The number of nitrogens with one attached hydrogen (secondary N) is 2. The molecule has 2 amide bonds. The second-order valence-electron chi connectivity index (χ2n) is 7.61. The van der Waals surface area contributed by atoms with Crippen LogP contribution in [0.3, 0.4) is 0 Å². The predicted octanol–water partition coefficient (Wildman–Crippen LogP) is 4.52. The zero-order valence-corrected chi connectivity index (χ0v) is 18.6. The SMILES string of the molecule is Cc1cc(C)cc(C(=O)Nc2ccc(NC(=O)c3cccc(S(C)(=O)=O)c3)c(C)c2)c1. The van der Waals surface area contributed by atoms with E-state index in [1.165, 1.54) is 18.2 Å². The van der Waals surface area contributed by atoms with Gasteiger partial charge in [-0.1, -0.05) is 23.3 Å². The van der Waals surface area contributed by atoms with E-state index in [9.17, 15) is 18.0 Å². The van der Waals surface area contributed by atoms with Crippen LogP contribution in [-0.2, 0) is 9.84 Å². The van der Waals surface area contributed by atoms with Crippen molar-refractivity contribution < 1.29 is 18.0 Å². The zero-order chi connectivity index (χ0) is 22.8. The third-order valence-corrected chi connectivity index (χ3v) is 5.85. The first-order chi connectivity index (χ1) is 14.5. The maximum atomic E-state index is 12.6. The highest BCUT2D eigenvalue weighted by molar-refractivity contribution is 7.90. The molecular weight excluding hydrogens is 412 g/mol. The van der Waals surface area contributed by atoms with E-state index >= 15 is 0 Å². The molecular formula is C24H24N2O4S. The first-order valence-corrected chi connectivity index (χ1v) is 11.5. The van der Waals surface area contributed by atoms with Crippen molar-refractivity contribution in [2.75, 3.05) is 16.9 Å². The van der Waals surface area contributed by atoms with Gasteiger partial charge < -0.3 is 10.6 Å². The molecule has 0 fully saturated rings. The summed E-state index contributed by atoms with van der Waals surface area (Å²) in [4.78, 5) is 25.2. The summed E-state index contributed by atoms with van der Waals surface area (Å²) in [6, 6.07) is 16.7. The molecule has 2 N–H and O–H groups in total. The van der Waals surface area contributed by atoms with Crippen LogP contribution in [0, 0.1) is 20.8 Å².